The van der Waals surface area contributed by atoms with Crippen molar-refractivity contribution in [1.29, 1.82) is 0 Å². The molecule has 6 nitrogen and oxygen atoms in total. The summed E-state index contributed by atoms with van der Waals surface area (Å²) in [5, 5.41) is 7.81. The summed E-state index contributed by atoms with van der Waals surface area (Å²) in [6.45, 7) is 0.694. The van der Waals surface area contributed by atoms with Gasteiger partial charge in [-0.05, 0) is 0 Å². The van der Waals surface area contributed by atoms with Gasteiger partial charge in [-0.2, -0.15) is 0 Å². The van der Waals surface area contributed by atoms with Crippen molar-refractivity contribution in [3.05, 3.63) is 0 Å². The number of carbonyl (C=O) groups is 1. The van der Waals surface area contributed by atoms with Gasteiger partial charge in [0.05, 0.1) is 0 Å². The number of carboxylic acid groups (broad SMARTS) is 1. The molecule has 7 heteroatoms. The Morgan fingerprint density at radius 3 is 2.50 bits per heavy atom. The van der Waals surface area contributed by atoms with E-state index < -0.39 is 6.16 Å². The third-order valence-corrected chi connectivity index (χ3v) is 0.406. The zero-order valence-corrected chi connectivity index (χ0v) is 4.96. The van der Waals surface area contributed by atoms with E-state index in [0.717, 1.165) is 0 Å². The van der Waals surface area contributed by atoms with Crippen molar-refractivity contribution in [3.63, 3.8) is 0 Å². The number of hydrogen-bond donors (Lipinski definition) is 4. The van der Waals surface area contributed by atoms with Crippen LogP contribution in [0, 0.1) is 0 Å². The Morgan fingerprint density at radius 1 is 1.70 bits per heavy atom. The summed E-state index contributed by atoms with van der Waals surface area (Å²) >= 11 is 0. The topological polar surface area (TPSA) is 120 Å². The van der Waals surface area contributed by atoms with Gasteiger partial charge in [0.1, 0.15) is 0 Å². The fourth-order valence-electron chi connectivity index (χ4n) is 0.172. The average Bonchev–Trinajstić information content (AvgIpc) is 1.66. The summed E-state index contributed by atoms with van der Waals surface area (Å²) in [4.78, 5) is 13.4. The molecule has 60 valence electrons. The van der Waals surface area contributed by atoms with E-state index in [2.05, 4.69) is 10.3 Å². The van der Waals surface area contributed by atoms with Crippen LogP contribution < -0.4 is 17.4 Å². The Bertz CT molecular complexity index is 81.4. The molecule has 0 spiro atoms. The van der Waals surface area contributed by atoms with Crippen molar-refractivity contribution in [2.24, 2.45) is 5.73 Å². The van der Waals surface area contributed by atoms with Gasteiger partial charge in [0.2, 0.25) is 0 Å². The van der Waals surface area contributed by atoms with E-state index in [4.69, 9.17) is 10.8 Å². The molecule has 0 atom stereocenters. The van der Waals surface area contributed by atoms with Crippen molar-refractivity contribution in [2.75, 3.05) is 13.1 Å². The van der Waals surface area contributed by atoms with Gasteiger partial charge in [-0.3, -0.25) is 0 Å². The summed E-state index contributed by atoms with van der Waals surface area (Å²) in [5.74, 6) is 0. The average molecular weight is 179 g/mol. The zero-order valence-electron chi connectivity index (χ0n) is 4.96. The summed E-state index contributed by atoms with van der Waals surface area (Å²) < 4.78 is 0. The van der Waals surface area contributed by atoms with E-state index in [1.807, 2.05) is 0 Å². The van der Waals surface area contributed by atoms with Crippen LogP contribution >= 0.6 is 0 Å². The van der Waals surface area contributed by atoms with Gasteiger partial charge in [-0.1, -0.05) is 0 Å². The minimum absolute atomic E-state index is 0. The molecule has 0 aliphatic heterocycles. The van der Waals surface area contributed by atoms with Gasteiger partial charge in [-0.25, -0.2) is 4.79 Å². The van der Waals surface area contributed by atoms with Crippen molar-refractivity contribution in [3.8, 4) is 0 Å². The van der Waals surface area contributed by atoms with Crippen molar-refractivity contribution < 1.29 is 14.7 Å². The van der Waals surface area contributed by atoms with Gasteiger partial charge in [0, 0.05) is 13.1 Å². The van der Waals surface area contributed by atoms with Gasteiger partial charge < -0.3 is 21.8 Å². The predicted octanol–water partition coefficient (Wildman–Crippen LogP) is -1.61. The van der Waals surface area contributed by atoms with Crippen LogP contribution in [0.25, 0.3) is 0 Å². The van der Waals surface area contributed by atoms with E-state index >= 15 is 0 Å². The first kappa shape index (κ1) is 16.8. The van der Waals surface area contributed by atoms with Crippen LogP contribution in [0.4, 0.5) is 4.79 Å². The summed E-state index contributed by atoms with van der Waals surface area (Å²) in [6, 6.07) is 0. The zero-order chi connectivity index (χ0) is 6.41. The van der Waals surface area contributed by atoms with E-state index in [9.17, 15) is 4.79 Å². The summed E-state index contributed by atoms with van der Waals surface area (Å²) in [5.41, 5.74) is 7.09. The molecule has 0 unspecified atom stereocenters. The molecule has 0 bridgehead atoms. The molecule has 0 rings (SSSR count). The van der Waals surface area contributed by atoms with Crippen LogP contribution in [0.1, 0.15) is 0 Å². The standard InChI is InChI=1S/C3H8N2O3.Ca.H3N.2H/c4-1-2-5-8-3(6)7;;;;/h5H,1-2,4H2,(H,6,7);;1H3;;. The number of rotatable bonds is 3. The fourth-order valence-corrected chi connectivity index (χ4v) is 0.172. The van der Waals surface area contributed by atoms with E-state index in [0.29, 0.717) is 13.1 Å². The minimum atomic E-state index is -1.35. The molecule has 0 saturated carbocycles. The second-order valence-electron chi connectivity index (χ2n) is 1.05. The second-order valence-corrected chi connectivity index (χ2v) is 1.05. The van der Waals surface area contributed by atoms with E-state index in [1.54, 1.807) is 0 Å². The Hall–Kier alpha value is 0.410. The van der Waals surface area contributed by atoms with Crippen molar-refractivity contribution >= 4 is 43.9 Å². The van der Waals surface area contributed by atoms with E-state index in [-0.39, 0.29) is 43.9 Å². The second kappa shape index (κ2) is 12.1. The first-order valence-electron chi connectivity index (χ1n) is 2.10. The number of nitrogens with two attached hydrogens (primary N) is 1. The maximum absolute atomic E-state index is 9.55. The van der Waals surface area contributed by atoms with Gasteiger partial charge in [-0.15, -0.1) is 5.48 Å². The molecule has 0 saturated heterocycles. The molecule has 7 N–H and O–H groups in total. The molecule has 0 heterocycles. The number of hydroxylamine groups is 1. The normalized spacial score (nSPS) is 6.90. The molecule has 0 amide bonds. The number of nitrogens with one attached hydrogen (secondary N) is 1. The van der Waals surface area contributed by atoms with Crippen LogP contribution in [-0.2, 0) is 4.84 Å². The van der Waals surface area contributed by atoms with Gasteiger partial charge >= 0.3 is 43.9 Å². The molecule has 0 aliphatic rings. The van der Waals surface area contributed by atoms with Gasteiger partial charge in [0.15, 0.2) is 0 Å². The number of hydrogen-bond acceptors (Lipinski definition) is 5. The molecule has 0 radical (unpaired) electrons. The molecule has 10 heavy (non-hydrogen) atoms. The SMILES string of the molecule is N.NCCNOC(=O)O.[CaH2]. The molecule has 0 aromatic heterocycles. The van der Waals surface area contributed by atoms with Crippen LogP contribution in [0.5, 0.6) is 0 Å². The Balaban J connectivity index is -0.000000245. The quantitative estimate of drug-likeness (QED) is 0.235. The molecule has 0 fully saturated rings. The Labute approximate surface area is 88.6 Å². The Kier molecular flexibility index (Phi) is 20.3. The van der Waals surface area contributed by atoms with Crippen LogP contribution in [0.2, 0.25) is 0 Å². The fraction of sp³-hybridized carbons (Fsp3) is 0.667. The van der Waals surface area contributed by atoms with Crippen molar-refractivity contribution in [1.82, 2.24) is 11.6 Å². The van der Waals surface area contributed by atoms with Gasteiger partial charge in [0.25, 0.3) is 0 Å². The van der Waals surface area contributed by atoms with Crippen LogP contribution in [-0.4, -0.2) is 62.1 Å². The first-order valence-corrected chi connectivity index (χ1v) is 2.10. The molecular weight excluding hydrogens is 166 g/mol. The third-order valence-electron chi connectivity index (χ3n) is 0.406. The molecular formula is C3H13CaN3O3. The molecule has 0 aromatic rings. The molecule has 0 aliphatic carbocycles. The monoisotopic (exact) mass is 179 g/mol. The molecule has 0 aromatic carbocycles. The van der Waals surface area contributed by atoms with Crippen LogP contribution in [0.15, 0.2) is 0 Å². The Morgan fingerprint density at radius 2 is 2.20 bits per heavy atom. The van der Waals surface area contributed by atoms with Crippen molar-refractivity contribution in [2.45, 2.75) is 0 Å². The third kappa shape index (κ3) is 15.8. The van der Waals surface area contributed by atoms with E-state index in [1.165, 1.54) is 0 Å². The van der Waals surface area contributed by atoms with Crippen LogP contribution in [0.3, 0.4) is 0 Å². The predicted molar refractivity (Wildman–Crippen MR) is 39.7 cm³/mol. The first-order chi connectivity index (χ1) is 3.77. The maximum atomic E-state index is 9.55. The summed E-state index contributed by atoms with van der Waals surface area (Å²) in [7, 11) is 0. The summed E-state index contributed by atoms with van der Waals surface area (Å²) in [6.07, 6.45) is -1.35.